The SMILES string of the molecule is CCOC(=O)[C@@H]1[C@H]2C(=O)N([C@@H](CO)CC(C)C)C(C(=O)NCc3ccccc3)C23CC[C@H]1S3. The third-order valence-corrected chi connectivity index (χ3v) is 9.15. The van der Waals surface area contributed by atoms with Gasteiger partial charge in [-0.1, -0.05) is 44.2 Å². The first kappa shape index (κ1) is 24.1. The van der Waals surface area contributed by atoms with E-state index in [2.05, 4.69) is 5.32 Å². The summed E-state index contributed by atoms with van der Waals surface area (Å²) in [5.74, 6) is -1.63. The summed E-state index contributed by atoms with van der Waals surface area (Å²) in [6, 6.07) is 8.47. The third-order valence-electron chi connectivity index (χ3n) is 7.20. The van der Waals surface area contributed by atoms with Crippen LogP contribution in [0.4, 0.5) is 0 Å². The van der Waals surface area contributed by atoms with E-state index in [-0.39, 0.29) is 42.2 Å². The van der Waals surface area contributed by atoms with E-state index in [4.69, 9.17) is 4.74 Å². The number of rotatable bonds is 9. The zero-order chi connectivity index (χ0) is 23.8. The van der Waals surface area contributed by atoms with Gasteiger partial charge >= 0.3 is 5.97 Å². The Morgan fingerprint density at radius 1 is 1.30 bits per heavy atom. The summed E-state index contributed by atoms with van der Waals surface area (Å²) >= 11 is 1.62. The number of esters is 1. The lowest BCUT2D eigenvalue weighted by Crippen LogP contribution is -2.56. The van der Waals surface area contributed by atoms with Crippen molar-refractivity contribution in [2.45, 2.75) is 68.7 Å². The maximum absolute atomic E-state index is 13.9. The summed E-state index contributed by atoms with van der Waals surface area (Å²) in [7, 11) is 0. The molecule has 33 heavy (non-hydrogen) atoms. The molecule has 180 valence electrons. The molecule has 3 heterocycles. The van der Waals surface area contributed by atoms with Crippen molar-refractivity contribution in [1.29, 1.82) is 0 Å². The minimum absolute atomic E-state index is 0.0118. The van der Waals surface area contributed by atoms with Crippen molar-refractivity contribution in [2.24, 2.45) is 17.8 Å². The van der Waals surface area contributed by atoms with Gasteiger partial charge in [-0.2, -0.15) is 0 Å². The quantitative estimate of drug-likeness (QED) is 0.534. The summed E-state index contributed by atoms with van der Waals surface area (Å²) in [5.41, 5.74) is 0.976. The Morgan fingerprint density at radius 3 is 2.67 bits per heavy atom. The number of nitrogens with one attached hydrogen (secondary N) is 1. The molecule has 2 amide bonds. The Labute approximate surface area is 199 Å². The minimum Gasteiger partial charge on any atom is -0.466 e. The van der Waals surface area contributed by atoms with Gasteiger partial charge in [-0.15, -0.1) is 11.8 Å². The van der Waals surface area contributed by atoms with Crippen LogP contribution in [0.25, 0.3) is 0 Å². The van der Waals surface area contributed by atoms with Crippen molar-refractivity contribution >= 4 is 29.5 Å². The highest BCUT2D eigenvalue weighted by Gasteiger charge is 2.74. The molecular formula is C25H34N2O5S. The maximum atomic E-state index is 13.9. The van der Waals surface area contributed by atoms with Crippen LogP contribution >= 0.6 is 11.8 Å². The highest BCUT2D eigenvalue weighted by Crippen LogP contribution is 2.66. The summed E-state index contributed by atoms with van der Waals surface area (Å²) in [6.45, 7) is 6.25. The van der Waals surface area contributed by atoms with Crippen LogP contribution in [-0.4, -0.2) is 63.1 Å². The average molecular weight is 475 g/mol. The molecule has 2 unspecified atom stereocenters. The smallest absolute Gasteiger partial charge is 0.310 e. The van der Waals surface area contributed by atoms with Crippen molar-refractivity contribution in [2.75, 3.05) is 13.2 Å². The fourth-order valence-electron chi connectivity index (χ4n) is 5.99. The number of carbonyl (C=O) groups excluding carboxylic acids is 3. The van der Waals surface area contributed by atoms with E-state index in [1.807, 2.05) is 44.2 Å². The number of benzene rings is 1. The largest absolute Gasteiger partial charge is 0.466 e. The fourth-order valence-corrected chi connectivity index (χ4v) is 8.19. The number of fused-ring (bicyclic) bond motifs is 1. The molecule has 1 aromatic rings. The van der Waals surface area contributed by atoms with Gasteiger partial charge in [-0.05, 0) is 37.7 Å². The lowest BCUT2D eigenvalue weighted by molar-refractivity contribution is -0.154. The Morgan fingerprint density at radius 2 is 2.03 bits per heavy atom. The molecule has 3 aliphatic rings. The molecular weight excluding hydrogens is 440 g/mol. The number of hydrogen-bond acceptors (Lipinski definition) is 6. The van der Waals surface area contributed by atoms with Gasteiger partial charge in [-0.3, -0.25) is 14.4 Å². The Hall–Kier alpha value is -2.06. The van der Waals surface area contributed by atoms with Crippen LogP contribution < -0.4 is 5.32 Å². The standard InChI is InChI=1S/C25H34N2O5S/c1-4-32-24(31)19-18-10-11-25(33-18)20(19)23(30)27(17(14-28)12-15(2)3)21(25)22(29)26-13-16-8-6-5-7-9-16/h5-9,15,17-21,28H,4,10-14H2,1-3H3,(H,26,29)/t17-,18-,19+,20+,21?,25?/m1/s1. The van der Waals surface area contributed by atoms with Gasteiger partial charge in [0.15, 0.2) is 0 Å². The maximum Gasteiger partial charge on any atom is 0.310 e. The molecule has 3 fully saturated rings. The minimum atomic E-state index is -0.718. The van der Waals surface area contributed by atoms with E-state index >= 15 is 0 Å². The highest BCUT2D eigenvalue weighted by molar-refractivity contribution is 8.02. The van der Waals surface area contributed by atoms with Crippen LogP contribution in [0.3, 0.4) is 0 Å². The molecule has 2 bridgehead atoms. The van der Waals surface area contributed by atoms with Gasteiger partial charge in [0.25, 0.3) is 0 Å². The number of aliphatic hydroxyl groups excluding tert-OH is 1. The number of ether oxygens (including phenoxy) is 1. The first-order chi connectivity index (χ1) is 15.8. The molecule has 0 aliphatic carbocycles. The lowest BCUT2D eigenvalue weighted by atomic mass is 9.71. The van der Waals surface area contributed by atoms with Gasteiger partial charge in [0.2, 0.25) is 11.8 Å². The van der Waals surface area contributed by atoms with E-state index in [0.29, 0.717) is 19.4 Å². The number of nitrogens with zero attached hydrogens (tertiary/aromatic N) is 1. The van der Waals surface area contributed by atoms with Crippen molar-refractivity contribution < 1.29 is 24.2 Å². The average Bonchev–Trinajstić information content (AvgIpc) is 3.44. The van der Waals surface area contributed by atoms with Crippen LogP contribution in [-0.2, 0) is 25.7 Å². The number of aliphatic hydroxyl groups is 1. The second-order valence-corrected chi connectivity index (χ2v) is 11.3. The highest BCUT2D eigenvalue weighted by atomic mass is 32.2. The molecule has 0 aromatic heterocycles. The van der Waals surface area contributed by atoms with Crippen molar-refractivity contribution in [3.8, 4) is 0 Å². The van der Waals surface area contributed by atoms with E-state index in [0.717, 1.165) is 12.0 Å². The van der Waals surface area contributed by atoms with Crippen LogP contribution in [0.5, 0.6) is 0 Å². The van der Waals surface area contributed by atoms with Crippen LogP contribution in [0, 0.1) is 17.8 Å². The molecule has 7 nitrogen and oxygen atoms in total. The second kappa shape index (κ2) is 9.66. The van der Waals surface area contributed by atoms with E-state index in [9.17, 15) is 19.5 Å². The van der Waals surface area contributed by atoms with E-state index in [1.165, 1.54) is 0 Å². The topological polar surface area (TPSA) is 95.9 Å². The lowest BCUT2D eigenvalue weighted by Gasteiger charge is -2.37. The van der Waals surface area contributed by atoms with Gasteiger partial charge in [-0.25, -0.2) is 0 Å². The van der Waals surface area contributed by atoms with Crippen LogP contribution in [0.15, 0.2) is 30.3 Å². The van der Waals surface area contributed by atoms with Gasteiger partial charge in [0.1, 0.15) is 6.04 Å². The Kier molecular flexibility index (Phi) is 7.05. The summed E-state index contributed by atoms with van der Waals surface area (Å²) < 4.78 is 4.68. The zero-order valence-corrected chi connectivity index (χ0v) is 20.3. The molecule has 0 saturated carbocycles. The van der Waals surface area contributed by atoms with Crippen molar-refractivity contribution in [3.63, 3.8) is 0 Å². The molecule has 1 spiro atoms. The number of thioether (sulfide) groups is 1. The molecule has 3 aliphatic heterocycles. The van der Waals surface area contributed by atoms with Crippen LogP contribution in [0.2, 0.25) is 0 Å². The normalized spacial score (nSPS) is 31.1. The first-order valence-electron chi connectivity index (χ1n) is 11.9. The number of amides is 2. The molecule has 3 saturated heterocycles. The van der Waals surface area contributed by atoms with E-state index in [1.54, 1.807) is 23.6 Å². The molecule has 8 heteroatoms. The van der Waals surface area contributed by atoms with Crippen molar-refractivity contribution in [1.82, 2.24) is 10.2 Å². The Balaban J connectivity index is 1.68. The molecule has 0 radical (unpaired) electrons. The number of hydrogen-bond donors (Lipinski definition) is 2. The predicted molar refractivity (Wildman–Crippen MR) is 126 cm³/mol. The third kappa shape index (κ3) is 4.16. The zero-order valence-electron chi connectivity index (χ0n) is 19.5. The molecule has 6 atom stereocenters. The van der Waals surface area contributed by atoms with Crippen LogP contribution in [0.1, 0.15) is 45.6 Å². The number of carbonyl (C=O) groups is 3. The molecule has 1 aromatic carbocycles. The fraction of sp³-hybridized carbons (Fsp3) is 0.640. The summed E-state index contributed by atoms with van der Waals surface area (Å²) in [5, 5.41) is 13.3. The van der Waals surface area contributed by atoms with Gasteiger partial charge < -0.3 is 20.1 Å². The predicted octanol–water partition coefficient (Wildman–Crippen LogP) is 2.36. The summed E-state index contributed by atoms with van der Waals surface area (Å²) in [6.07, 6.45) is 2.07. The molecule has 4 rings (SSSR count). The van der Waals surface area contributed by atoms with Gasteiger partial charge in [0, 0.05) is 11.8 Å². The van der Waals surface area contributed by atoms with E-state index < -0.39 is 28.7 Å². The van der Waals surface area contributed by atoms with Gasteiger partial charge in [0.05, 0.1) is 35.8 Å². The second-order valence-electron chi connectivity index (χ2n) is 9.72. The Bertz CT molecular complexity index is 894. The first-order valence-corrected chi connectivity index (χ1v) is 12.8. The number of likely N-dealkylation sites (tertiary alicyclic amines) is 1. The van der Waals surface area contributed by atoms with Crippen molar-refractivity contribution in [3.05, 3.63) is 35.9 Å². The molecule has 2 N–H and O–H groups in total. The monoisotopic (exact) mass is 474 g/mol. The summed E-state index contributed by atoms with van der Waals surface area (Å²) in [4.78, 5) is 42.1.